The lowest BCUT2D eigenvalue weighted by Gasteiger charge is -2.14. The third-order valence-corrected chi connectivity index (χ3v) is 7.35. The van der Waals surface area contributed by atoms with E-state index in [0.717, 1.165) is 49.0 Å². The second kappa shape index (κ2) is 9.70. The van der Waals surface area contributed by atoms with E-state index in [4.69, 9.17) is 15.2 Å². The summed E-state index contributed by atoms with van der Waals surface area (Å²) in [4.78, 5) is 24.0. The fourth-order valence-electron chi connectivity index (χ4n) is 5.34. The number of rotatable bonds is 6. The van der Waals surface area contributed by atoms with Gasteiger partial charge in [0.1, 0.15) is 5.69 Å². The number of benzene rings is 1. The number of hydrogen-bond acceptors (Lipinski definition) is 7. The summed E-state index contributed by atoms with van der Waals surface area (Å²) in [5, 5.41) is 4.26. The number of nitrogens with two attached hydrogens (primary N) is 1. The van der Waals surface area contributed by atoms with Crippen LogP contribution in [0.4, 0.5) is 5.82 Å². The predicted molar refractivity (Wildman–Crippen MR) is 139 cm³/mol. The van der Waals surface area contributed by atoms with E-state index in [-0.39, 0.29) is 17.4 Å². The quantitative estimate of drug-likeness (QED) is 0.416. The van der Waals surface area contributed by atoms with Crippen LogP contribution in [0.1, 0.15) is 50.1 Å². The summed E-state index contributed by atoms with van der Waals surface area (Å²) in [6.07, 6.45) is 10.5. The van der Waals surface area contributed by atoms with Gasteiger partial charge in [0, 0.05) is 42.0 Å². The molecule has 0 unspecified atom stereocenters. The summed E-state index contributed by atoms with van der Waals surface area (Å²) >= 11 is 0. The van der Waals surface area contributed by atoms with Crippen molar-refractivity contribution >= 4 is 5.82 Å². The van der Waals surface area contributed by atoms with Gasteiger partial charge in [0.15, 0.2) is 17.3 Å². The Morgan fingerprint density at radius 3 is 2.47 bits per heavy atom. The van der Waals surface area contributed by atoms with Crippen LogP contribution >= 0.6 is 0 Å². The van der Waals surface area contributed by atoms with Crippen LogP contribution in [0.25, 0.3) is 34.0 Å². The van der Waals surface area contributed by atoms with E-state index in [1.165, 1.54) is 31.5 Å². The van der Waals surface area contributed by atoms with Crippen LogP contribution in [0.2, 0.25) is 0 Å². The van der Waals surface area contributed by atoms with Gasteiger partial charge in [-0.3, -0.25) is 9.69 Å². The maximum Gasteiger partial charge on any atom is 0.250 e. The van der Waals surface area contributed by atoms with Crippen molar-refractivity contribution in [3.8, 4) is 34.0 Å². The molecular formula is C28H30N6O2. The van der Waals surface area contributed by atoms with Crippen molar-refractivity contribution in [2.45, 2.75) is 51.1 Å². The molecule has 1 saturated carbocycles. The van der Waals surface area contributed by atoms with Crippen molar-refractivity contribution in [1.29, 1.82) is 0 Å². The molecule has 36 heavy (non-hydrogen) atoms. The van der Waals surface area contributed by atoms with Crippen molar-refractivity contribution in [3.63, 3.8) is 0 Å². The lowest BCUT2D eigenvalue weighted by Crippen LogP contribution is -2.22. The van der Waals surface area contributed by atoms with Crippen LogP contribution in [0.5, 0.6) is 0 Å². The van der Waals surface area contributed by atoms with Crippen molar-refractivity contribution in [3.05, 3.63) is 70.8 Å². The fraction of sp³-hybridized carbons (Fsp3) is 0.357. The minimum atomic E-state index is 0.0144. The van der Waals surface area contributed by atoms with E-state index in [2.05, 4.69) is 39.3 Å². The largest absolute Gasteiger partial charge is 0.382 e. The first-order chi connectivity index (χ1) is 17.6. The molecule has 1 aromatic carbocycles. The number of hydrogen-bond donors (Lipinski definition) is 1. The van der Waals surface area contributed by atoms with Crippen molar-refractivity contribution in [2.75, 3.05) is 18.8 Å². The molecule has 1 aliphatic heterocycles. The molecule has 1 saturated heterocycles. The van der Waals surface area contributed by atoms with E-state index < -0.39 is 0 Å². The van der Waals surface area contributed by atoms with Gasteiger partial charge in [0.05, 0.1) is 11.9 Å². The molecule has 0 amide bonds. The molecule has 184 valence electrons. The average molecular weight is 483 g/mol. The molecule has 0 radical (unpaired) electrons. The standard InChI is InChI=1S/C28H30N6O2/c29-28-27(31-24(16-30-28)21-11-12-26(35)34(18-21)22-5-1-2-6-22)25-15-23(32-36-25)20-9-7-19(8-10-20)17-33-13-3-4-14-33/h7-12,15-16,18,22H,1-6,13-14,17H2,(H2,29,30). The van der Waals surface area contributed by atoms with E-state index >= 15 is 0 Å². The number of pyridine rings is 1. The molecule has 8 heteroatoms. The number of nitrogen functional groups attached to an aromatic ring is 1. The maximum absolute atomic E-state index is 12.5. The lowest BCUT2D eigenvalue weighted by atomic mass is 10.1. The number of anilines is 1. The molecule has 4 aromatic rings. The fourth-order valence-corrected chi connectivity index (χ4v) is 5.34. The van der Waals surface area contributed by atoms with Gasteiger partial charge in [-0.25, -0.2) is 9.97 Å². The monoisotopic (exact) mass is 482 g/mol. The molecule has 2 fully saturated rings. The first kappa shape index (κ1) is 22.7. The van der Waals surface area contributed by atoms with Crippen molar-refractivity contribution in [1.82, 2.24) is 24.6 Å². The Labute approximate surface area is 209 Å². The van der Waals surface area contributed by atoms with Gasteiger partial charge in [-0.1, -0.05) is 42.3 Å². The summed E-state index contributed by atoms with van der Waals surface area (Å²) in [6, 6.07) is 13.9. The molecule has 1 aliphatic carbocycles. The molecular weight excluding hydrogens is 452 g/mol. The first-order valence-corrected chi connectivity index (χ1v) is 12.8. The second-order valence-corrected chi connectivity index (χ2v) is 9.85. The summed E-state index contributed by atoms with van der Waals surface area (Å²) in [5.41, 5.74) is 11.1. The Balaban J connectivity index is 1.26. The highest BCUT2D eigenvalue weighted by molar-refractivity contribution is 5.72. The van der Waals surface area contributed by atoms with Crippen LogP contribution in [0.3, 0.4) is 0 Å². The number of aromatic nitrogens is 4. The Bertz CT molecular complexity index is 1410. The van der Waals surface area contributed by atoms with Crippen LogP contribution in [0.15, 0.2) is 64.2 Å². The second-order valence-electron chi connectivity index (χ2n) is 9.85. The van der Waals surface area contributed by atoms with Gasteiger partial charge in [-0.05, 0) is 50.4 Å². The van der Waals surface area contributed by atoms with E-state index in [0.29, 0.717) is 17.1 Å². The molecule has 2 N–H and O–H groups in total. The zero-order chi connectivity index (χ0) is 24.5. The summed E-state index contributed by atoms with van der Waals surface area (Å²) in [6.45, 7) is 3.34. The third kappa shape index (κ3) is 4.56. The molecule has 6 rings (SSSR count). The van der Waals surface area contributed by atoms with Crippen LogP contribution in [0, 0.1) is 0 Å². The molecule has 0 atom stereocenters. The number of nitrogens with zero attached hydrogens (tertiary/aromatic N) is 5. The molecule has 0 spiro atoms. The Kier molecular flexibility index (Phi) is 6.11. The zero-order valence-corrected chi connectivity index (χ0v) is 20.3. The SMILES string of the molecule is Nc1ncc(-c2ccc(=O)n(C3CCCC3)c2)nc1-c1cc(-c2ccc(CN3CCCC3)cc2)no1. The zero-order valence-electron chi connectivity index (χ0n) is 20.3. The predicted octanol–water partition coefficient (Wildman–Crippen LogP) is 4.92. The lowest BCUT2D eigenvalue weighted by molar-refractivity contribution is 0.331. The highest BCUT2D eigenvalue weighted by Crippen LogP contribution is 2.31. The third-order valence-electron chi connectivity index (χ3n) is 7.35. The van der Waals surface area contributed by atoms with Gasteiger partial charge >= 0.3 is 0 Å². The molecule has 8 nitrogen and oxygen atoms in total. The van der Waals surface area contributed by atoms with Crippen LogP contribution in [-0.4, -0.2) is 37.7 Å². The topological polar surface area (TPSA) is 103 Å². The van der Waals surface area contributed by atoms with Crippen LogP contribution < -0.4 is 11.3 Å². The van der Waals surface area contributed by atoms with Crippen LogP contribution in [-0.2, 0) is 6.54 Å². The highest BCUT2D eigenvalue weighted by Gasteiger charge is 2.20. The minimum Gasteiger partial charge on any atom is -0.382 e. The normalized spacial score (nSPS) is 16.7. The Morgan fingerprint density at radius 2 is 1.69 bits per heavy atom. The highest BCUT2D eigenvalue weighted by atomic mass is 16.5. The Morgan fingerprint density at radius 1 is 0.944 bits per heavy atom. The van der Waals surface area contributed by atoms with E-state index in [1.807, 2.05) is 16.8 Å². The molecule has 3 aromatic heterocycles. The summed E-state index contributed by atoms with van der Waals surface area (Å²) in [5.74, 6) is 0.730. The van der Waals surface area contributed by atoms with Gasteiger partial charge in [0.2, 0.25) is 0 Å². The van der Waals surface area contributed by atoms with Gasteiger partial charge in [-0.15, -0.1) is 0 Å². The van der Waals surface area contributed by atoms with E-state index in [9.17, 15) is 4.79 Å². The van der Waals surface area contributed by atoms with Gasteiger partial charge in [0.25, 0.3) is 5.56 Å². The first-order valence-electron chi connectivity index (χ1n) is 12.8. The summed E-state index contributed by atoms with van der Waals surface area (Å²) < 4.78 is 7.48. The summed E-state index contributed by atoms with van der Waals surface area (Å²) in [7, 11) is 0. The molecule has 2 aliphatic rings. The van der Waals surface area contributed by atoms with Crippen molar-refractivity contribution in [2.24, 2.45) is 0 Å². The molecule has 4 heterocycles. The van der Waals surface area contributed by atoms with Crippen molar-refractivity contribution < 1.29 is 4.52 Å². The molecule has 0 bridgehead atoms. The smallest absolute Gasteiger partial charge is 0.250 e. The van der Waals surface area contributed by atoms with Gasteiger partial charge in [-0.2, -0.15) is 0 Å². The van der Waals surface area contributed by atoms with E-state index in [1.54, 1.807) is 18.3 Å². The maximum atomic E-state index is 12.5. The van der Waals surface area contributed by atoms with Gasteiger partial charge < -0.3 is 14.8 Å². The minimum absolute atomic E-state index is 0.0144. The average Bonchev–Trinajstić information content (AvgIpc) is 3.69. The number of likely N-dealkylation sites (tertiary alicyclic amines) is 1. The Hall–Kier alpha value is -3.78.